The van der Waals surface area contributed by atoms with Gasteiger partial charge >= 0.3 is 0 Å². The number of rotatable bonds is 1. The number of halogens is 1. The smallest absolute Gasteiger partial charge is 0.275 e. The third-order valence-corrected chi connectivity index (χ3v) is 3.49. The van der Waals surface area contributed by atoms with Gasteiger partial charge in [0.25, 0.3) is 5.91 Å². The predicted octanol–water partition coefficient (Wildman–Crippen LogP) is 4.18. The van der Waals surface area contributed by atoms with Gasteiger partial charge in [-0.25, -0.2) is 0 Å². The van der Waals surface area contributed by atoms with E-state index in [0.717, 1.165) is 11.4 Å². The zero-order valence-electron chi connectivity index (χ0n) is 11.3. The van der Waals surface area contributed by atoms with Crippen LogP contribution in [0.5, 0.6) is 5.75 Å². The van der Waals surface area contributed by atoms with Crippen LogP contribution in [0.2, 0.25) is 5.02 Å². The maximum atomic E-state index is 12.7. The maximum Gasteiger partial charge on any atom is 0.275 e. The number of carbonyl (C=O) groups excluding carboxylic acids is 1. The van der Waals surface area contributed by atoms with Gasteiger partial charge in [-0.1, -0.05) is 29.8 Å². The van der Waals surface area contributed by atoms with E-state index in [1.165, 1.54) is 0 Å². The lowest BCUT2D eigenvalue weighted by Crippen LogP contribution is -2.50. The number of carbonyl (C=O) groups is 1. The van der Waals surface area contributed by atoms with Crippen molar-refractivity contribution in [3.8, 4) is 5.75 Å². The minimum Gasteiger partial charge on any atom is -0.476 e. The Balaban J connectivity index is 2.20. The molecule has 1 aliphatic heterocycles. The first kappa shape index (κ1) is 13.0. The number of hydrogen-bond donors (Lipinski definition) is 0. The molecule has 0 fully saturated rings. The lowest BCUT2D eigenvalue weighted by Gasteiger charge is -2.38. The van der Waals surface area contributed by atoms with Crippen LogP contribution in [0, 0.1) is 0 Å². The second-order valence-corrected chi connectivity index (χ2v) is 5.64. The Hall–Kier alpha value is -2.00. The Morgan fingerprint density at radius 3 is 2.60 bits per heavy atom. The van der Waals surface area contributed by atoms with E-state index >= 15 is 0 Å². The zero-order valence-corrected chi connectivity index (χ0v) is 12.0. The van der Waals surface area contributed by atoms with Gasteiger partial charge in [0.2, 0.25) is 0 Å². The Morgan fingerprint density at radius 2 is 1.85 bits per heavy atom. The first-order chi connectivity index (χ1) is 9.49. The van der Waals surface area contributed by atoms with E-state index in [2.05, 4.69) is 0 Å². The SMILES string of the molecule is CC1(C)Oc2ccccc2N(c2cccc(Cl)c2)C1=O. The van der Waals surface area contributed by atoms with Crippen LogP contribution in [-0.2, 0) is 4.79 Å². The molecule has 2 aromatic carbocycles. The van der Waals surface area contributed by atoms with Crippen LogP contribution >= 0.6 is 11.6 Å². The summed E-state index contributed by atoms with van der Waals surface area (Å²) in [5.41, 5.74) is 0.571. The first-order valence-corrected chi connectivity index (χ1v) is 6.75. The molecule has 2 aromatic rings. The molecule has 20 heavy (non-hydrogen) atoms. The maximum absolute atomic E-state index is 12.7. The van der Waals surface area contributed by atoms with Gasteiger partial charge in [0, 0.05) is 5.02 Å². The highest BCUT2D eigenvalue weighted by atomic mass is 35.5. The lowest BCUT2D eigenvalue weighted by atomic mass is 10.0. The van der Waals surface area contributed by atoms with Crippen molar-refractivity contribution in [1.29, 1.82) is 0 Å². The number of nitrogens with zero attached hydrogens (tertiary/aromatic N) is 1. The van der Waals surface area contributed by atoms with Crippen LogP contribution in [-0.4, -0.2) is 11.5 Å². The molecule has 1 aliphatic rings. The number of para-hydroxylation sites is 2. The van der Waals surface area contributed by atoms with Crippen molar-refractivity contribution in [2.45, 2.75) is 19.4 Å². The Morgan fingerprint density at radius 1 is 1.10 bits per heavy atom. The standard InChI is InChI=1S/C16H14ClNO2/c1-16(2)15(19)18(12-7-5-6-11(17)10-12)13-8-3-4-9-14(13)20-16/h3-10H,1-2H3. The summed E-state index contributed by atoms with van der Waals surface area (Å²) in [5, 5.41) is 0.595. The van der Waals surface area contributed by atoms with Crippen molar-refractivity contribution >= 4 is 28.9 Å². The molecule has 1 amide bonds. The molecular formula is C16H14ClNO2. The fourth-order valence-corrected chi connectivity index (χ4v) is 2.48. The van der Waals surface area contributed by atoms with Gasteiger partial charge in [-0.05, 0) is 44.2 Å². The molecule has 0 unspecified atom stereocenters. The summed E-state index contributed by atoms with van der Waals surface area (Å²) in [6, 6.07) is 14.7. The summed E-state index contributed by atoms with van der Waals surface area (Å²) in [4.78, 5) is 14.3. The summed E-state index contributed by atoms with van der Waals surface area (Å²) in [7, 11) is 0. The topological polar surface area (TPSA) is 29.5 Å². The molecule has 3 nitrogen and oxygen atoms in total. The summed E-state index contributed by atoms with van der Waals surface area (Å²) in [5.74, 6) is 0.579. The van der Waals surface area contributed by atoms with E-state index in [9.17, 15) is 4.79 Å². The molecule has 0 saturated heterocycles. The van der Waals surface area contributed by atoms with Crippen molar-refractivity contribution < 1.29 is 9.53 Å². The molecule has 4 heteroatoms. The van der Waals surface area contributed by atoms with Gasteiger partial charge in [-0.3, -0.25) is 9.69 Å². The van der Waals surface area contributed by atoms with Gasteiger partial charge < -0.3 is 4.74 Å². The number of amides is 1. The molecule has 0 atom stereocenters. The van der Waals surface area contributed by atoms with Crippen molar-refractivity contribution in [2.75, 3.05) is 4.90 Å². The molecule has 0 spiro atoms. The van der Waals surface area contributed by atoms with E-state index in [4.69, 9.17) is 16.3 Å². The highest BCUT2D eigenvalue weighted by Gasteiger charge is 2.41. The summed E-state index contributed by atoms with van der Waals surface area (Å²) in [6.07, 6.45) is 0. The molecular weight excluding hydrogens is 274 g/mol. The van der Waals surface area contributed by atoms with Crippen LogP contribution < -0.4 is 9.64 Å². The second-order valence-electron chi connectivity index (χ2n) is 5.20. The largest absolute Gasteiger partial charge is 0.476 e. The number of ether oxygens (including phenoxy) is 1. The third kappa shape index (κ3) is 2.04. The highest BCUT2D eigenvalue weighted by Crippen LogP contribution is 2.41. The normalized spacial score (nSPS) is 16.6. The van der Waals surface area contributed by atoms with Gasteiger partial charge in [0.1, 0.15) is 5.75 Å². The van der Waals surface area contributed by atoms with Crippen molar-refractivity contribution in [3.05, 3.63) is 53.6 Å². The van der Waals surface area contributed by atoms with Crippen LogP contribution in [0.3, 0.4) is 0 Å². The minimum atomic E-state index is -0.906. The average Bonchev–Trinajstić information content (AvgIpc) is 2.40. The van der Waals surface area contributed by atoms with Crippen LogP contribution in [0.1, 0.15) is 13.8 Å². The van der Waals surface area contributed by atoms with E-state index in [1.54, 1.807) is 30.9 Å². The Labute approximate surface area is 122 Å². The number of fused-ring (bicyclic) bond motifs is 1. The highest BCUT2D eigenvalue weighted by molar-refractivity contribution is 6.31. The lowest BCUT2D eigenvalue weighted by molar-refractivity contribution is -0.131. The van der Waals surface area contributed by atoms with Crippen molar-refractivity contribution in [2.24, 2.45) is 0 Å². The van der Waals surface area contributed by atoms with E-state index in [-0.39, 0.29) is 5.91 Å². The number of hydrogen-bond acceptors (Lipinski definition) is 2. The molecule has 0 bridgehead atoms. The van der Waals surface area contributed by atoms with Crippen molar-refractivity contribution in [3.63, 3.8) is 0 Å². The molecule has 0 aliphatic carbocycles. The van der Waals surface area contributed by atoms with Crippen LogP contribution in [0.15, 0.2) is 48.5 Å². The summed E-state index contributed by atoms with van der Waals surface area (Å²) < 4.78 is 5.79. The van der Waals surface area contributed by atoms with Crippen LogP contribution in [0.4, 0.5) is 11.4 Å². The summed E-state index contributed by atoms with van der Waals surface area (Å²) in [6.45, 7) is 3.53. The van der Waals surface area contributed by atoms with Gasteiger partial charge in [-0.2, -0.15) is 0 Å². The molecule has 0 aromatic heterocycles. The quantitative estimate of drug-likeness (QED) is 0.787. The zero-order chi connectivity index (χ0) is 14.3. The average molecular weight is 288 g/mol. The fraction of sp³-hybridized carbons (Fsp3) is 0.188. The monoisotopic (exact) mass is 287 g/mol. The minimum absolute atomic E-state index is 0.113. The molecule has 0 radical (unpaired) electrons. The number of benzene rings is 2. The Bertz CT molecular complexity index is 682. The predicted molar refractivity (Wildman–Crippen MR) is 79.7 cm³/mol. The molecule has 102 valence electrons. The molecule has 3 rings (SSSR count). The summed E-state index contributed by atoms with van der Waals surface area (Å²) >= 11 is 6.04. The molecule has 1 heterocycles. The van der Waals surface area contributed by atoms with Gasteiger partial charge in [0.05, 0.1) is 11.4 Å². The molecule has 0 N–H and O–H groups in total. The van der Waals surface area contributed by atoms with E-state index in [0.29, 0.717) is 10.8 Å². The van der Waals surface area contributed by atoms with E-state index < -0.39 is 5.60 Å². The molecule has 0 saturated carbocycles. The van der Waals surface area contributed by atoms with Crippen molar-refractivity contribution in [1.82, 2.24) is 0 Å². The number of anilines is 2. The van der Waals surface area contributed by atoms with Gasteiger partial charge in [-0.15, -0.1) is 0 Å². The third-order valence-electron chi connectivity index (χ3n) is 3.26. The van der Waals surface area contributed by atoms with Gasteiger partial charge in [0.15, 0.2) is 5.60 Å². The first-order valence-electron chi connectivity index (χ1n) is 6.37. The second kappa shape index (κ2) is 4.53. The Kier molecular flexibility index (Phi) is 2.94. The van der Waals surface area contributed by atoms with Crippen LogP contribution in [0.25, 0.3) is 0 Å². The van der Waals surface area contributed by atoms with E-state index in [1.807, 2.05) is 36.4 Å². The fourth-order valence-electron chi connectivity index (χ4n) is 2.30.